The Morgan fingerprint density at radius 3 is 2.36 bits per heavy atom. The molecule has 9 heteroatoms. The van der Waals surface area contributed by atoms with Crippen LogP contribution in [0.2, 0.25) is 0 Å². The van der Waals surface area contributed by atoms with Crippen molar-refractivity contribution in [1.29, 1.82) is 0 Å². The Hall–Kier alpha value is -4.01. The second-order valence-corrected chi connectivity index (χ2v) is 7.73. The van der Waals surface area contributed by atoms with Crippen molar-refractivity contribution in [3.05, 3.63) is 89.7 Å². The molecule has 33 heavy (non-hydrogen) atoms. The van der Waals surface area contributed by atoms with E-state index in [4.69, 9.17) is 0 Å². The van der Waals surface area contributed by atoms with Crippen molar-refractivity contribution in [2.75, 3.05) is 25.0 Å². The van der Waals surface area contributed by atoms with Gasteiger partial charge in [0.1, 0.15) is 11.6 Å². The zero-order valence-electron chi connectivity index (χ0n) is 17.7. The van der Waals surface area contributed by atoms with Crippen molar-refractivity contribution in [2.45, 2.75) is 12.5 Å². The first-order chi connectivity index (χ1) is 15.9. The van der Waals surface area contributed by atoms with Gasteiger partial charge >= 0.3 is 6.03 Å². The van der Waals surface area contributed by atoms with Crippen LogP contribution in [0.15, 0.2) is 72.5 Å². The molecule has 0 fully saturated rings. The highest BCUT2D eigenvalue weighted by molar-refractivity contribution is 6.02. The topological polar surface area (TPSA) is 81.8 Å². The van der Waals surface area contributed by atoms with Crippen molar-refractivity contribution in [3.63, 3.8) is 0 Å². The van der Waals surface area contributed by atoms with Crippen LogP contribution in [-0.2, 0) is 9.59 Å². The molecule has 2 heterocycles. The van der Waals surface area contributed by atoms with Gasteiger partial charge in [-0.1, -0.05) is 18.2 Å². The molecule has 0 saturated heterocycles. The smallest absolute Gasteiger partial charge is 0.322 e. The van der Waals surface area contributed by atoms with E-state index in [1.165, 1.54) is 58.3 Å². The Bertz CT molecular complexity index is 1130. The summed E-state index contributed by atoms with van der Waals surface area (Å²) in [6, 6.07) is 9.88. The lowest BCUT2D eigenvalue weighted by Crippen LogP contribution is -2.47. The molecule has 0 radical (unpaired) electrons. The fourth-order valence-electron chi connectivity index (χ4n) is 3.95. The maximum atomic E-state index is 13.4. The molecule has 1 unspecified atom stereocenters. The minimum absolute atomic E-state index is 0.0216. The Kier molecular flexibility index (Phi) is 6.21. The molecular weight excluding hydrogens is 430 g/mol. The Morgan fingerprint density at radius 2 is 1.73 bits per heavy atom. The lowest BCUT2D eigenvalue weighted by Gasteiger charge is -2.33. The summed E-state index contributed by atoms with van der Waals surface area (Å²) in [7, 11) is 0. The first-order valence-corrected chi connectivity index (χ1v) is 10.4. The summed E-state index contributed by atoms with van der Waals surface area (Å²) >= 11 is 0. The van der Waals surface area contributed by atoms with Gasteiger partial charge in [-0.15, -0.1) is 6.58 Å². The van der Waals surface area contributed by atoms with Crippen LogP contribution in [0.25, 0.3) is 0 Å². The number of urea groups is 1. The predicted octanol–water partition coefficient (Wildman–Crippen LogP) is 3.34. The normalized spacial score (nSPS) is 17.7. The molecule has 2 aliphatic heterocycles. The minimum Gasteiger partial charge on any atom is -0.332 e. The van der Waals surface area contributed by atoms with Crippen LogP contribution in [0.4, 0.5) is 19.3 Å². The quantitative estimate of drug-likeness (QED) is 0.633. The minimum atomic E-state index is -0.722. The summed E-state index contributed by atoms with van der Waals surface area (Å²) in [5.74, 6) is -1.46. The van der Waals surface area contributed by atoms with Gasteiger partial charge < -0.3 is 15.5 Å². The Balaban J connectivity index is 1.50. The van der Waals surface area contributed by atoms with Crippen LogP contribution >= 0.6 is 0 Å². The summed E-state index contributed by atoms with van der Waals surface area (Å²) in [4.78, 5) is 41.3. The van der Waals surface area contributed by atoms with E-state index >= 15 is 0 Å². The van der Waals surface area contributed by atoms with Crippen LogP contribution in [0, 0.1) is 11.6 Å². The zero-order chi connectivity index (χ0) is 23.5. The molecule has 0 saturated carbocycles. The first-order valence-electron chi connectivity index (χ1n) is 10.4. The predicted molar refractivity (Wildman–Crippen MR) is 118 cm³/mol. The van der Waals surface area contributed by atoms with Gasteiger partial charge in [0.2, 0.25) is 5.91 Å². The fraction of sp³-hybridized carbons (Fsp3) is 0.208. The van der Waals surface area contributed by atoms with Gasteiger partial charge in [0.05, 0.1) is 23.9 Å². The number of nitrogens with one attached hydrogen (secondary N) is 2. The standard InChI is InChI=1S/C24H22F2N4O3/c1-2-12-30-19-14-29(13-11-20(31)27-18-9-7-17(26)8-10-18)23(32)21(19)22(28-24(30)33)15-3-5-16(25)6-4-15/h2-10,22H,1,11-14H2,(H,27,31)(H,28,33). The van der Waals surface area contributed by atoms with Crippen LogP contribution < -0.4 is 10.6 Å². The lowest BCUT2D eigenvalue weighted by molar-refractivity contribution is -0.126. The maximum absolute atomic E-state index is 13.4. The van der Waals surface area contributed by atoms with E-state index in [2.05, 4.69) is 17.2 Å². The number of hydrogen-bond donors (Lipinski definition) is 2. The Morgan fingerprint density at radius 1 is 1.09 bits per heavy atom. The second-order valence-electron chi connectivity index (χ2n) is 7.73. The molecule has 2 aliphatic rings. The number of halogens is 2. The molecular formula is C24H22F2N4O3. The van der Waals surface area contributed by atoms with Crippen molar-refractivity contribution >= 4 is 23.5 Å². The number of hydrogen-bond acceptors (Lipinski definition) is 3. The highest BCUT2D eigenvalue weighted by Gasteiger charge is 2.43. The van der Waals surface area contributed by atoms with E-state index in [-0.39, 0.29) is 43.9 Å². The number of carbonyl (C=O) groups excluding carboxylic acids is 3. The van der Waals surface area contributed by atoms with E-state index in [1.807, 2.05) is 0 Å². The molecule has 1 atom stereocenters. The SMILES string of the molecule is C=CCN1C(=O)NC(c2ccc(F)cc2)C2=C1CN(CCC(=O)Nc1ccc(F)cc1)C2=O. The molecule has 0 spiro atoms. The third-order valence-corrected chi connectivity index (χ3v) is 5.55. The molecule has 4 amide bonds. The van der Waals surface area contributed by atoms with Gasteiger partial charge in [-0.2, -0.15) is 0 Å². The van der Waals surface area contributed by atoms with Crippen molar-refractivity contribution in [2.24, 2.45) is 0 Å². The van der Waals surface area contributed by atoms with Gasteiger partial charge in [0, 0.05) is 25.2 Å². The molecule has 2 aromatic carbocycles. The van der Waals surface area contributed by atoms with Gasteiger partial charge in [0.15, 0.2) is 0 Å². The molecule has 0 aliphatic carbocycles. The monoisotopic (exact) mass is 452 g/mol. The van der Waals surface area contributed by atoms with E-state index < -0.39 is 17.7 Å². The van der Waals surface area contributed by atoms with Crippen LogP contribution in [-0.4, -0.2) is 47.3 Å². The number of nitrogens with zero attached hydrogens (tertiary/aromatic N) is 2. The highest BCUT2D eigenvalue weighted by Crippen LogP contribution is 2.36. The number of benzene rings is 2. The lowest BCUT2D eigenvalue weighted by atomic mass is 9.95. The molecule has 4 rings (SSSR count). The van der Waals surface area contributed by atoms with Crippen molar-refractivity contribution in [3.8, 4) is 0 Å². The van der Waals surface area contributed by atoms with Crippen LogP contribution in [0.3, 0.4) is 0 Å². The molecule has 2 N–H and O–H groups in total. The van der Waals surface area contributed by atoms with Gasteiger partial charge in [-0.25, -0.2) is 13.6 Å². The number of carbonyl (C=O) groups is 3. The average Bonchev–Trinajstić information content (AvgIpc) is 3.12. The van der Waals surface area contributed by atoms with Crippen molar-refractivity contribution in [1.82, 2.24) is 15.1 Å². The molecule has 0 bridgehead atoms. The van der Waals surface area contributed by atoms with E-state index in [1.54, 1.807) is 6.08 Å². The number of anilines is 1. The average molecular weight is 452 g/mol. The molecule has 7 nitrogen and oxygen atoms in total. The Labute approximate surface area is 189 Å². The largest absolute Gasteiger partial charge is 0.332 e. The number of rotatable bonds is 7. The summed E-state index contributed by atoms with van der Waals surface area (Å²) in [6.07, 6.45) is 1.58. The fourth-order valence-corrected chi connectivity index (χ4v) is 3.95. The van der Waals surface area contributed by atoms with E-state index in [0.29, 0.717) is 22.5 Å². The second kappa shape index (κ2) is 9.23. The summed E-state index contributed by atoms with van der Waals surface area (Å²) in [5.41, 5.74) is 1.97. The third kappa shape index (κ3) is 4.62. The molecule has 0 aromatic heterocycles. The molecule has 2 aromatic rings. The summed E-state index contributed by atoms with van der Waals surface area (Å²) in [6.45, 7) is 4.18. The highest BCUT2D eigenvalue weighted by atomic mass is 19.1. The van der Waals surface area contributed by atoms with E-state index in [0.717, 1.165) is 0 Å². The molecule has 170 valence electrons. The number of amides is 4. The first kappa shape index (κ1) is 22.2. The van der Waals surface area contributed by atoms with Crippen LogP contribution in [0.5, 0.6) is 0 Å². The van der Waals surface area contributed by atoms with Crippen LogP contribution in [0.1, 0.15) is 18.0 Å². The zero-order valence-corrected chi connectivity index (χ0v) is 17.7. The van der Waals surface area contributed by atoms with Crippen molar-refractivity contribution < 1.29 is 23.2 Å². The third-order valence-electron chi connectivity index (χ3n) is 5.55. The summed E-state index contributed by atoms with van der Waals surface area (Å²) < 4.78 is 26.4. The van der Waals surface area contributed by atoms with E-state index in [9.17, 15) is 23.2 Å². The maximum Gasteiger partial charge on any atom is 0.322 e. The van der Waals surface area contributed by atoms with Gasteiger partial charge in [-0.3, -0.25) is 14.5 Å². The van der Waals surface area contributed by atoms with Gasteiger partial charge in [-0.05, 0) is 42.0 Å². The summed E-state index contributed by atoms with van der Waals surface area (Å²) in [5, 5.41) is 5.48. The van der Waals surface area contributed by atoms with Gasteiger partial charge in [0.25, 0.3) is 5.91 Å².